The summed E-state index contributed by atoms with van der Waals surface area (Å²) in [6.07, 6.45) is 0.596. The van der Waals surface area contributed by atoms with Crippen molar-refractivity contribution in [1.29, 1.82) is 0 Å². The molecule has 1 aromatic heterocycles. The summed E-state index contributed by atoms with van der Waals surface area (Å²) in [5.74, 6) is 0.275. The lowest BCUT2D eigenvalue weighted by Crippen LogP contribution is -2.36. The zero-order valence-electron chi connectivity index (χ0n) is 9.58. The fourth-order valence-electron chi connectivity index (χ4n) is 1.29. The first-order chi connectivity index (χ1) is 7.88. The predicted molar refractivity (Wildman–Crippen MR) is 68.1 cm³/mol. The second-order valence-electron chi connectivity index (χ2n) is 4.07. The van der Waals surface area contributed by atoms with Crippen molar-refractivity contribution in [3.63, 3.8) is 0 Å². The molecule has 3 N–H and O–H groups in total. The van der Waals surface area contributed by atoms with Crippen molar-refractivity contribution >= 4 is 34.9 Å². The van der Waals surface area contributed by atoms with Crippen LogP contribution in [0.25, 0.3) is 0 Å². The summed E-state index contributed by atoms with van der Waals surface area (Å²) < 4.78 is 0. The predicted octanol–water partition coefficient (Wildman–Crippen LogP) is 2.10. The number of amides is 1. The van der Waals surface area contributed by atoms with E-state index >= 15 is 0 Å². The molecule has 5 nitrogen and oxygen atoms in total. The first-order valence-corrected chi connectivity index (χ1v) is 5.90. The molecule has 0 unspecified atom stereocenters. The zero-order chi connectivity index (χ0) is 13.0. The second kappa shape index (κ2) is 6.14. The van der Waals surface area contributed by atoms with Crippen LogP contribution in [0, 0.1) is 5.92 Å². The summed E-state index contributed by atoms with van der Waals surface area (Å²) in [5.41, 5.74) is 5.72. The molecule has 7 heteroatoms. The van der Waals surface area contributed by atoms with Gasteiger partial charge < -0.3 is 11.1 Å². The molecule has 0 aromatic carbocycles. The lowest BCUT2D eigenvalue weighted by atomic mass is 10.0. The quantitative estimate of drug-likeness (QED) is 0.652. The lowest BCUT2D eigenvalue weighted by Gasteiger charge is -2.13. The first-order valence-electron chi connectivity index (χ1n) is 5.15. The summed E-state index contributed by atoms with van der Waals surface area (Å²) in [7, 11) is 0. The summed E-state index contributed by atoms with van der Waals surface area (Å²) in [6.45, 7) is 3.98. The topological polar surface area (TPSA) is 80.9 Å². The highest BCUT2D eigenvalue weighted by Gasteiger charge is 2.16. The molecule has 1 atom stereocenters. The molecule has 0 spiro atoms. The number of nitrogens with one attached hydrogen (secondary N) is 1. The maximum atomic E-state index is 11.7. The van der Waals surface area contributed by atoms with Gasteiger partial charge in [-0.15, -0.1) is 0 Å². The first kappa shape index (κ1) is 14.2. The van der Waals surface area contributed by atoms with Gasteiger partial charge in [0.1, 0.15) is 11.0 Å². The Kier molecular flexibility index (Phi) is 5.11. The van der Waals surface area contributed by atoms with E-state index in [1.54, 1.807) is 0 Å². The van der Waals surface area contributed by atoms with Crippen molar-refractivity contribution in [3.05, 3.63) is 16.5 Å². The summed E-state index contributed by atoms with van der Waals surface area (Å²) in [6, 6.07) is 0.829. The molecular formula is C10H14Cl2N4O. The Balaban J connectivity index is 2.67. The van der Waals surface area contributed by atoms with Crippen LogP contribution in [-0.2, 0) is 4.79 Å². The normalized spacial score (nSPS) is 12.6. The van der Waals surface area contributed by atoms with Crippen LogP contribution in [0.5, 0.6) is 0 Å². The average Bonchev–Trinajstić information content (AvgIpc) is 2.14. The van der Waals surface area contributed by atoms with Crippen molar-refractivity contribution < 1.29 is 4.79 Å². The van der Waals surface area contributed by atoms with Gasteiger partial charge in [-0.25, -0.2) is 9.97 Å². The van der Waals surface area contributed by atoms with E-state index in [0.29, 0.717) is 12.3 Å². The summed E-state index contributed by atoms with van der Waals surface area (Å²) >= 11 is 11.3. The van der Waals surface area contributed by atoms with Gasteiger partial charge in [-0.1, -0.05) is 25.4 Å². The van der Waals surface area contributed by atoms with Gasteiger partial charge in [-0.05, 0) is 23.9 Å². The van der Waals surface area contributed by atoms with Gasteiger partial charge in [0.15, 0.2) is 0 Å². The fourth-order valence-corrected chi connectivity index (χ4v) is 1.70. The number of hydrogen-bond donors (Lipinski definition) is 2. The zero-order valence-corrected chi connectivity index (χ0v) is 11.1. The third-order valence-electron chi connectivity index (χ3n) is 1.98. The molecule has 1 amide bonds. The number of anilines is 1. The van der Waals surface area contributed by atoms with Crippen LogP contribution < -0.4 is 11.1 Å². The van der Waals surface area contributed by atoms with E-state index in [0.717, 1.165) is 0 Å². The molecule has 0 saturated carbocycles. The number of aromatic nitrogens is 2. The van der Waals surface area contributed by atoms with Crippen molar-refractivity contribution in [2.24, 2.45) is 11.7 Å². The maximum absolute atomic E-state index is 11.7. The fraction of sp³-hybridized carbons (Fsp3) is 0.500. The van der Waals surface area contributed by atoms with E-state index in [1.165, 1.54) is 6.07 Å². The Labute approximate surface area is 110 Å². The summed E-state index contributed by atoms with van der Waals surface area (Å²) in [4.78, 5) is 19.2. The standard InChI is InChI=1S/C10H14Cl2N4O/c1-5(2)3-6(13)9(17)15-8-4-7(11)14-10(12)16-8/h4-6H,3,13H2,1-2H3,(H,14,15,16,17)/t6-/m1/s1. The van der Waals surface area contributed by atoms with E-state index in [2.05, 4.69) is 15.3 Å². The molecule has 0 radical (unpaired) electrons. The second-order valence-corrected chi connectivity index (χ2v) is 4.80. The number of halogens is 2. The number of hydrogen-bond acceptors (Lipinski definition) is 4. The molecule has 1 heterocycles. The minimum absolute atomic E-state index is 0.0229. The van der Waals surface area contributed by atoms with Crippen molar-refractivity contribution in [3.8, 4) is 0 Å². The van der Waals surface area contributed by atoms with Gasteiger partial charge in [0.05, 0.1) is 6.04 Å². The van der Waals surface area contributed by atoms with Crippen molar-refractivity contribution in [2.45, 2.75) is 26.3 Å². The molecule has 17 heavy (non-hydrogen) atoms. The molecule has 1 aromatic rings. The van der Waals surface area contributed by atoms with Crippen LogP contribution in [0.2, 0.25) is 10.4 Å². The van der Waals surface area contributed by atoms with E-state index in [4.69, 9.17) is 28.9 Å². The molecule has 0 aliphatic heterocycles. The minimum Gasteiger partial charge on any atom is -0.320 e. The van der Waals surface area contributed by atoms with Gasteiger partial charge in [0.25, 0.3) is 0 Å². The number of carbonyl (C=O) groups is 1. The molecule has 0 bridgehead atoms. The van der Waals surface area contributed by atoms with Crippen LogP contribution in [0.3, 0.4) is 0 Å². The number of rotatable bonds is 4. The van der Waals surface area contributed by atoms with Crippen LogP contribution in [0.15, 0.2) is 6.07 Å². The third kappa shape index (κ3) is 4.85. The Bertz CT molecular complexity index is 391. The van der Waals surface area contributed by atoms with Gasteiger partial charge >= 0.3 is 0 Å². The van der Waals surface area contributed by atoms with Crippen LogP contribution in [-0.4, -0.2) is 21.9 Å². The van der Waals surface area contributed by atoms with Gasteiger partial charge in [0.2, 0.25) is 11.2 Å². The monoisotopic (exact) mass is 276 g/mol. The van der Waals surface area contributed by atoms with Crippen molar-refractivity contribution in [1.82, 2.24) is 9.97 Å². The highest BCUT2D eigenvalue weighted by molar-refractivity contribution is 6.32. The Morgan fingerprint density at radius 2 is 2.12 bits per heavy atom. The molecule has 94 valence electrons. The minimum atomic E-state index is -0.581. The van der Waals surface area contributed by atoms with E-state index in [9.17, 15) is 4.79 Å². The van der Waals surface area contributed by atoms with Crippen LogP contribution in [0.4, 0.5) is 5.82 Å². The van der Waals surface area contributed by atoms with E-state index in [-0.39, 0.29) is 22.2 Å². The Morgan fingerprint density at radius 3 is 2.65 bits per heavy atom. The van der Waals surface area contributed by atoms with Crippen LogP contribution in [0.1, 0.15) is 20.3 Å². The van der Waals surface area contributed by atoms with E-state index in [1.807, 2.05) is 13.8 Å². The molecular weight excluding hydrogens is 263 g/mol. The van der Waals surface area contributed by atoms with E-state index < -0.39 is 6.04 Å². The number of nitrogens with two attached hydrogens (primary N) is 1. The smallest absolute Gasteiger partial charge is 0.242 e. The Morgan fingerprint density at radius 1 is 1.47 bits per heavy atom. The Hall–Kier alpha value is -0.910. The molecule has 0 saturated heterocycles. The SMILES string of the molecule is CC(C)C[C@@H](N)C(=O)Nc1cc(Cl)nc(Cl)n1. The molecule has 0 fully saturated rings. The lowest BCUT2D eigenvalue weighted by molar-refractivity contribution is -0.117. The average molecular weight is 277 g/mol. The van der Waals surface area contributed by atoms with Gasteiger partial charge in [-0.3, -0.25) is 4.79 Å². The molecule has 0 aliphatic rings. The van der Waals surface area contributed by atoms with Crippen LogP contribution >= 0.6 is 23.2 Å². The summed E-state index contributed by atoms with van der Waals surface area (Å²) in [5, 5.41) is 2.69. The number of carbonyl (C=O) groups excluding carboxylic acids is 1. The maximum Gasteiger partial charge on any atom is 0.242 e. The highest BCUT2D eigenvalue weighted by Crippen LogP contribution is 2.14. The largest absolute Gasteiger partial charge is 0.320 e. The molecule has 1 rings (SSSR count). The van der Waals surface area contributed by atoms with Gasteiger partial charge in [-0.2, -0.15) is 0 Å². The van der Waals surface area contributed by atoms with Crippen molar-refractivity contribution in [2.75, 3.05) is 5.32 Å². The molecule has 0 aliphatic carbocycles. The highest BCUT2D eigenvalue weighted by atomic mass is 35.5. The van der Waals surface area contributed by atoms with Gasteiger partial charge in [0, 0.05) is 6.07 Å². The third-order valence-corrected chi connectivity index (χ3v) is 2.34. The number of nitrogens with zero attached hydrogens (tertiary/aromatic N) is 2.